The minimum atomic E-state index is -0.402. The summed E-state index contributed by atoms with van der Waals surface area (Å²) in [5.41, 5.74) is 0.645. The molecule has 1 aromatic heterocycles. The fourth-order valence-electron chi connectivity index (χ4n) is 2.10. The van der Waals surface area contributed by atoms with Crippen molar-refractivity contribution in [2.45, 2.75) is 6.10 Å². The van der Waals surface area contributed by atoms with E-state index in [1.54, 1.807) is 13.4 Å². The molecule has 1 aliphatic heterocycles. The molecular formula is C12H10O4. The Morgan fingerprint density at radius 1 is 1.44 bits per heavy atom. The van der Waals surface area contributed by atoms with Crippen LogP contribution in [0.5, 0.6) is 0 Å². The number of esters is 1. The van der Waals surface area contributed by atoms with Gasteiger partial charge in [0.15, 0.2) is 17.3 Å². The summed E-state index contributed by atoms with van der Waals surface area (Å²) in [5.74, 6) is 0.252. The van der Waals surface area contributed by atoms with Gasteiger partial charge in [0.05, 0.1) is 13.4 Å². The molecule has 2 aliphatic rings. The van der Waals surface area contributed by atoms with Crippen molar-refractivity contribution in [2.24, 2.45) is 5.92 Å². The molecule has 0 saturated carbocycles. The molecule has 1 aliphatic carbocycles. The van der Waals surface area contributed by atoms with Crippen LogP contribution in [-0.4, -0.2) is 19.2 Å². The fourth-order valence-corrected chi connectivity index (χ4v) is 2.10. The van der Waals surface area contributed by atoms with E-state index in [9.17, 15) is 4.79 Å². The molecule has 2 unspecified atom stereocenters. The number of methoxy groups -OCH3 is 1. The Morgan fingerprint density at radius 2 is 2.31 bits per heavy atom. The number of furan rings is 1. The summed E-state index contributed by atoms with van der Waals surface area (Å²) in [7, 11) is 1.55. The first-order valence-corrected chi connectivity index (χ1v) is 5.02. The van der Waals surface area contributed by atoms with Crippen LogP contribution in [0.4, 0.5) is 0 Å². The number of ether oxygens (including phenoxy) is 2. The van der Waals surface area contributed by atoms with Crippen LogP contribution in [0.3, 0.4) is 0 Å². The number of hydrogen-bond acceptors (Lipinski definition) is 4. The van der Waals surface area contributed by atoms with Gasteiger partial charge in [0, 0.05) is 17.2 Å². The maximum absolute atomic E-state index is 11.2. The molecule has 82 valence electrons. The van der Waals surface area contributed by atoms with Crippen LogP contribution in [0, 0.1) is 5.92 Å². The zero-order chi connectivity index (χ0) is 11.1. The van der Waals surface area contributed by atoms with Crippen LogP contribution >= 0.6 is 0 Å². The summed E-state index contributed by atoms with van der Waals surface area (Å²) < 4.78 is 15.9. The van der Waals surface area contributed by atoms with E-state index < -0.39 is 6.10 Å². The third kappa shape index (κ3) is 1.19. The zero-order valence-corrected chi connectivity index (χ0v) is 8.67. The normalized spacial score (nSPS) is 26.6. The summed E-state index contributed by atoms with van der Waals surface area (Å²) in [6, 6.07) is 1.87. The summed E-state index contributed by atoms with van der Waals surface area (Å²) in [6.45, 7) is 0. The van der Waals surface area contributed by atoms with Crippen LogP contribution in [0.1, 0.15) is 0 Å². The second-order valence-electron chi connectivity index (χ2n) is 3.73. The van der Waals surface area contributed by atoms with E-state index in [0.29, 0.717) is 11.2 Å². The molecule has 4 nitrogen and oxygen atoms in total. The van der Waals surface area contributed by atoms with Gasteiger partial charge in [-0.1, -0.05) is 12.2 Å². The molecule has 4 heteroatoms. The van der Waals surface area contributed by atoms with Crippen molar-refractivity contribution in [1.82, 2.24) is 0 Å². The van der Waals surface area contributed by atoms with E-state index >= 15 is 0 Å². The number of carbonyl (C=O) groups excluding carboxylic acids is 1. The average Bonchev–Trinajstić information content (AvgIpc) is 2.73. The van der Waals surface area contributed by atoms with E-state index in [-0.39, 0.29) is 11.9 Å². The van der Waals surface area contributed by atoms with Gasteiger partial charge in [-0.15, -0.1) is 0 Å². The lowest BCUT2D eigenvalue weighted by molar-refractivity contribution is -0.143. The molecule has 0 bridgehead atoms. The second-order valence-corrected chi connectivity index (χ2v) is 3.73. The highest BCUT2D eigenvalue weighted by atomic mass is 16.6. The molecule has 2 heterocycles. The van der Waals surface area contributed by atoms with Crippen molar-refractivity contribution in [1.29, 1.82) is 0 Å². The predicted octanol–water partition coefficient (Wildman–Crippen LogP) is -0.0739. The molecule has 0 spiro atoms. The maximum Gasteiger partial charge on any atom is 0.331 e. The number of rotatable bonds is 1. The Morgan fingerprint density at radius 3 is 3.12 bits per heavy atom. The Balaban J connectivity index is 2.24. The van der Waals surface area contributed by atoms with Crippen molar-refractivity contribution < 1.29 is 18.7 Å². The Hall–Kier alpha value is -1.97. The van der Waals surface area contributed by atoms with Crippen LogP contribution < -0.4 is 10.6 Å². The summed E-state index contributed by atoms with van der Waals surface area (Å²) in [6.07, 6.45) is 6.47. The van der Waals surface area contributed by atoms with Crippen LogP contribution in [0.2, 0.25) is 0 Å². The maximum atomic E-state index is 11.2. The highest BCUT2D eigenvalue weighted by molar-refractivity contribution is 5.84. The van der Waals surface area contributed by atoms with Crippen LogP contribution in [0.25, 0.3) is 11.8 Å². The lowest BCUT2D eigenvalue weighted by Crippen LogP contribution is -2.41. The smallest absolute Gasteiger partial charge is 0.331 e. The van der Waals surface area contributed by atoms with Crippen molar-refractivity contribution in [3.63, 3.8) is 0 Å². The fraction of sp³-hybridized carbons (Fsp3) is 0.250. The standard InChI is InChI=1S/C12H10O4/c1-14-12-10-8(4-5-15-10)6-7-2-3-9(13)16-11(7)12/h2-7,11H,1H3. The van der Waals surface area contributed by atoms with Gasteiger partial charge in [-0.05, 0) is 6.07 Å². The molecule has 2 atom stereocenters. The minimum absolute atomic E-state index is 0.0257. The van der Waals surface area contributed by atoms with E-state index in [4.69, 9.17) is 13.9 Å². The van der Waals surface area contributed by atoms with Gasteiger partial charge >= 0.3 is 5.97 Å². The average molecular weight is 218 g/mol. The zero-order valence-electron chi connectivity index (χ0n) is 8.67. The highest BCUT2D eigenvalue weighted by Gasteiger charge is 2.33. The molecule has 0 saturated heterocycles. The number of fused-ring (bicyclic) bond motifs is 2. The lowest BCUT2D eigenvalue weighted by Gasteiger charge is -2.27. The van der Waals surface area contributed by atoms with Crippen LogP contribution in [-0.2, 0) is 14.3 Å². The summed E-state index contributed by atoms with van der Waals surface area (Å²) in [4.78, 5) is 11.2. The van der Waals surface area contributed by atoms with Gasteiger partial charge in [-0.3, -0.25) is 0 Å². The molecule has 3 rings (SSSR count). The Kier molecular flexibility index (Phi) is 1.89. The summed E-state index contributed by atoms with van der Waals surface area (Å²) in [5, 5.41) is 0.973. The molecule has 0 amide bonds. The third-order valence-corrected chi connectivity index (χ3v) is 2.82. The van der Waals surface area contributed by atoms with Crippen LogP contribution in [0.15, 0.2) is 28.9 Å². The first kappa shape index (κ1) is 9.27. The molecule has 16 heavy (non-hydrogen) atoms. The van der Waals surface area contributed by atoms with Gasteiger partial charge in [-0.25, -0.2) is 4.79 Å². The quantitative estimate of drug-likeness (QED) is 0.619. The Bertz CT molecular complexity index is 578. The van der Waals surface area contributed by atoms with Gasteiger partial charge in [0.2, 0.25) is 0 Å². The predicted molar refractivity (Wildman–Crippen MR) is 55.4 cm³/mol. The highest BCUT2D eigenvalue weighted by Crippen LogP contribution is 2.25. The van der Waals surface area contributed by atoms with Crippen molar-refractivity contribution in [3.8, 4) is 0 Å². The second kappa shape index (κ2) is 3.27. The lowest BCUT2D eigenvalue weighted by atomic mass is 9.93. The third-order valence-electron chi connectivity index (χ3n) is 2.82. The molecule has 0 radical (unpaired) electrons. The Labute approximate surface area is 91.5 Å². The van der Waals surface area contributed by atoms with E-state index in [2.05, 4.69) is 0 Å². The van der Waals surface area contributed by atoms with Crippen molar-refractivity contribution >= 4 is 17.8 Å². The monoisotopic (exact) mass is 218 g/mol. The van der Waals surface area contributed by atoms with E-state index in [1.165, 1.54) is 6.08 Å². The van der Waals surface area contributed by atoms with E-state index in [1.807, 2.05) is 18.2 Å². The van der Waals surface area contributed by atoms with Crippen molar-refractivity contribution in [2.75, 3.05) is 7.11 Å². The number of carbonyl (C=O) groups is 1. The molecule has 0 fully saturated rings. The minimum Gasteiger partial charge on any atom is -0.493 e. The topological polar surface area (TPSA) is 48.7 Å². The van der Waals surface area contributed by atoms with Gasteiger partial charge < -0.3 is 13.9 Å². The largest absolute Gasteiger partial charge is 0.493 e. The number of hydrogen-bond donors (Lipinski definition) is 0. The molecular weight excluding hydrogens is 208 g/mol. The first-order chi connectivity index (χ1) is 7.79. The van der Waals surface area contributed by atoms with Crippen molar-refractivity contribution in [3.05, 3.63) is 35.1 Å². The van der Waals surface area contributed by atoms with Gasteiger partial charge in [0.1, 0.15) is 0 Å². The SMILES string of the molecule is COC1=c2occc2=CC2C=CC(=O)OC12. The molecule has 0 aromatic carbocycles. The molecule has 0 N–H and O–H groups in total. The van der Waals surface area contributed by atoms with Gasteiger partial charge in [0.25, 0.3) is 0 Å². The van der Waals surface area contributed by atoms with E-state index in [0.717, 1.165) is 5.22 Å². The summed E-state index contributed by atoms with van der Waals surface area (Å²) >= 11 is 0. The molecule has 1 aromatic rings. The first-order valence-electron chi connectivity index (χ1n) is 5.02. The van der Waals surface area contributed by atoms with Gasteiger partial charge in [-0.2, -0.15) is 0 Å².